The van der Waals surface area contributed by atoms with Crippen LogP contribution in [0.25, 0.3) is 5.69 Å². The molecule has 0 radical (unpaired) electrons. The van der Waals surface area contributed by atoms with Gasteiger partial charge >= 0.3 is 0 Å². The van der Waals surface area contributed by atoms with Crippen LogP contribution in [-0.4, -0.2) is 11.1 Å². The first-order valence-corrected chi connectivity index (χ1v) is 9.23. The molecule has 0 aliphatic rings. The SMILES string of the molecule is CCCCC(CC)CNCc1cccn1-c1ccc(Cl)cc1Cl. The maximum atomic E-state index is 6.33. The molecule has 0 aliphatic heterocycles. The predicted octanol–water partition coefficient (Wildman–Crippen LogP) is 6.09. The average molecular weight is 353 g/mol. The normalized spacial score (nSPS) is 12.5. The lowest BCUT2D eigenvalue weighted by Crippen LogP contribution is -2.23. The molecule has 0 spiro atoms. The van der Waals surface area contributed by atoms with Gasteiger partial charge in [0.15, 0.2) is 0 Å². The minimum Gasteiger partial charge on any atom is -0.318 e. The van der Waals surface area contributed by atoms with E-state index in [1.54, 1.807) is 6.07 Å². The number of benzene rings is 1. The van der Waals surface area contributed by atoms with Gasteiger partial charge in [-0.2, -0.15) is 0 Å². The van der Waals surface area contributed by atoms with Gasteiger partial charge in [0.25, 0.3) is 0 Å². The summed E-state index contributed by atoms with van der Waals surface area (Å²) >= 11 is 12.3. The molecule has 0 saturated heterocycles. The number of unbranched alkanes of at least 4 members (excludes halogenated alkanes) is 1. The predicted molar refractivity (Wildman–Crippen MR) is 101 cm³/mol. The zero-order valence-corrected chi connectivity index (χ0v) is 15.5. The Morgan fingerprint density at radius 1 is 1.17 bits per heavy atom. The van der Waals surface area contributed by atoms with E-state index in [2.05, 4.69) is 35.9 Å². The van der Waals surface area contributed by atoms with Crippen LogP contribution in [0.5, 0.6) is 0 Å². The molecule has 4 heteroatoms. The summed E-state index contributed by atoms with van der Waals surface area (Å²) in [6, 6.07) is 9.80. The number of aromatic nitrogens is 1. The Bertz CT molecular complexity index is 607. The first-order chi connectivity index (χ1) is 11.2. The van der Waals surface area contributed by atoms with Crippen LogP contribution in [0.3, 0.4) is 0 Å². The quantitative estimate of drug-likeness (QED) is 0.577. The van der Waals surface area contributed by atoms with Crippen molar-refractivity contribution < 1.29 is 0 Å². The lowest BCUT2D eigenvalue weighted by Gasteiger charge is -2.16. The van der Waals surface area contributed by atoms with Crippen LogP contribution in [0, 0.1) is 5.92 Å². The average Bonchev–Trinajstić information content (AvgIpc) is 2.99. The van der Waals surface area contributed by atoms with Crippen molar-refractivity contribution in [3.05, 3.63) is 52.3 Å². The summed E-state index contributed by atoms with van der Waals surface area (Å²) in [6.45, 7) is 6.44. The molecule has 1 heterocycles. The second-order valence-electron chi connectivity index (χ2n) is 6.01. The fraction of sp³-hybridized carbons (Fsp3) is 0.474. The van der Waals surface area contributed by atoms with Gasteiger partial charge in [0, 0.05) is 23.5 Å². The van der Waals surface area contributed by atoms with Crippen LogP contribution in [0.15, 0.2) is 36.5 Å². The molecule has 2 rings (SSSR count). The van der Waals surface area contributed by atoms with Crippen LogP contribution < -0.4 is 5.32 Å². The zero-order valence-electron chi connectivity index (χ0n) is 14.0. The molecule has 0 amide bonds. The lowest BCUT2D eigenvalue weighted by atomic mass is 9.99. The molecule has 2 nitrogen and oxygen atoms in total. The Morgan fingerprint density at radius 3 is 2.70 bits per heavy atom. The standard InChI is InChI=1S/C19H26Cl2N2/c1-3-5-7-15(4-2)13-22-14-17-8-6-11-23(17)19-10-9-16(20)12-18(19)21/h6,8-12,15,22H,3-5,7,13-14H2,1-2H3. The first-order valence-electron chi connectivity index (χ1n) is 8.48. The molecular formula is C19H26Cl2N2. The van der Waals surface area contributed by atoms with E-state index >= 15 is 0 Å². The number of halogens is 2. The smallest absolute Gasteiger partial charge is 0.0661 e. The summed E-state index contributed by atoms with van der Waals surface area (Å²) in [6.07, 6.45) is 7.17. The highest BCUT2D eigenvalue weighted by Gasteiger charge is 2.09. The third-order valence-electron chi connectivity index (χ3n) is 4.28. The van der Waals surface area contributed by atoms with E-state index in [0.717, 1.165) is 24.7 Å². The highest BCUT2D eigenvalue weighted by atomic mass is 35.5. The van der Waals surface area contributed by atoms with Crippen molar-refractivity contribution >= 4 is 23.2 Å². The van der Waals surface area contributed by atoms with Crippen LogP contribution in [0.2, 0.25) is 10.0 Å². The molecule has 0 bridgehead atoms. The van der Waals surface area contributed by atoms with Gasteiger partial charge < -0.3 is 9.88 Å². The fourth-order valence-electron chi connectivity index (χ4n) is 2.82. The van der Waals surface area contributed by atoms with Crippen LogP contribution >= 0.6 is 23.2 Å². The largest absolute Gasteiger partial charge is 0.318 e. The van der Waals surface area contributed by atoms with Crippen molar-refractivity contribution in [1.29, 1.82) is 0 Å². The molecule has 1 unspecified atom stereocenters. The first kappa shape index (κ1) is 18.4. The van der Waals surface area contributed by atoms with E-state index in [9.17, 15) is 0 Å². The fourth-order valence-corrected chi connectivity index (χ4v) is 3.32. The van der Waals surface area contributed by atoms with E-state index in [1.807, 2.05) is 18.3 Å². The van der Waals surface area contributed by atoms with Gasteiger partial charge in [-0.05, 0) is 49.2 Å². The van der Waals surface area contributed by atoms with E-state index < -0.39 is 0 Å². The Balaban J connectivity index is 1.98. The molecule has 0 fully saturated rings. The molecule has 2 aromatic rings. The summed E-state index contributed by atoms with van der Waals surface area (Å²) in [5.41, 5.74) is 2.18. The molecule has 0 aliphatic carbocycles. The van der Waals surface area contributed by atoms with Crippen molar-refractivity contribution in [3.63, 3.8) is 0 Å². The van der Waals surface area contributed by atoms with Crippen LogP contribution in [-0.2, 0) is 6.54 Å². The maximum absolute atomic E-state index is 6.33. The lowest BCUT2D eigenvalue weighted by molar-refractivity contribution is 0.417. The molecule has 1 N–H and O–H groups in total. The number of nitrogens with one attached hydrogen (secondary N) is 1. The highest BCUT2D eigenvalue weighted by Crippen LogP contribution is 2.25. The van der Waals surface area contributed by atoms with Gasteiger partial charge in [0.1, 0.15) is 0 Å². The van der Waals surface area contributed by atoms with Crippen molar-refractivity contribution in [1.82, 2.24) is 9.88 Å². The number of rotatable bonds is 9. The highest BCUT2D eigenvalue weighted by molar-refractivity contribution is 6.35. The minimum absolute atomic E-state index is 0.660. The Hall–Kier alpha value is -0.960. The summed E-state index contributed by atoms with van der Waals surface area (Å²) in [5.74, 6) is 0.762. The maximum Gasteiger partial charge on any atom is 0.0661 e. The summed E-state index contributed by atoms with van der Waals surface area (Å²) in [5, 5.41) is 4.93. The van der Waals surface area contributed by atoms with Gasteiger partial charge in [-0.3, -0.25) is 0 Å². The third kappa shape index (κ3) is 5.27. The molecule has 126 valence electrons. The molecule has 1 aromatic carbocycles. The molecule has 1 aromatic heterocycles. The molecule has 1 atom stereocenters. The van der Waals surface area contributed by atoms with E-state index in [-0.39, 0.29) is 0 Å². The number of hydrogen-bond acceptors (Lipinski definition) is 1. The number of hydrogen-bond donors (Lipinski definition) is 1. The van der Waals surface area contributed by atoms with Gasteiger partial charge in [0.2, 0.25) is 0 Å². The zero-order chi connectivity index (χ0) is 16.7. The second kappa shape index (κ2) is 9.36. The summed E-state index contributed by atoms with van der Waals surface area (Å²) < 4.78 is 2.12. The van der Waals surface area contributed by atoms with E-state index in [4.69, 9.17) is 23.2 Å². The van der Waals surface area contributed by atoms with Gasteiger partial charge in [0.05, 0.1) is 10.7 Å². The number of nitrogens with zero attached hydrogens (tertiary/aromatic N) is 1. The van der Waals surface area contributed by atoms with Crippen molar-refractivity contribution in [2.24, 2.45) is 5.92 Å². The van der Waals surface area contributed by atoms with Crippen molar-refractivity contribution in [3.8, 4) is 5.69 Å². The topological polar surface area (TPSA) is 17.0 Å². The Labute approximate surface area is 149 Å². The summed E-state index contributed by atoms with van der Waals surface area (Å²) in [4.78, 5) is 0. The van der Waals surface area contributed by atoms with Crippen molar-refractivity contribution in [2.75, 3.05) is 6.54 Å². The van der Waals surface area contributed by atoms with E-state index in [0.29, 0.717) is 10.0 Å². The molecule has 23 heavy (non-hydrogen) atoms. The molecular weight excluding hydrogens is 327 g/mol. The van der Waals surface area contributed by atoms with Crippen LogP contribution in [0.1, 0.15) is 45.2 Å². The van der Waals surface area contributed by atoms with E-state index in [1.165, 1.54) is 31.4 Å². The van der Waals surface area contributed by atoms with Gasteiger partial charge in [-0.25, -0.2) is 0 Å². The van der Waals surface area contributed by atoms with Gasteiger partial charge in [-0.1, -0.05) is 56.3 Å². The minimum atomic E-state index is 0.660. The third-order valence-corrected chi connectivity index (χ3v) is 4.82. The molecule has 0 saturated carbocycles. The Kier molecular flexibility index (Phi) is 7.48. The van der Waals surface area contributed by atoms with Crippen molar-refractivity contribution in [2.45, 2.75) is 46.1 Å². The Morgan fingerprint density at radius 2 is 2.00 bits per heavy atom. The second-order valence-corrected chi connectivity index (χ2v) is 6.86. The monoisotopic (exact) mass is 352 g/mol. The van der Waals surface area contributed by atoms with Gasteiger partial charge in [-0.15, -0.1) is 0 Å². The summed E-state index contributed by atoms with van der Waals surface area (Å²) in [7, 11) is 0. The van der Waals surface area contributed by atoms with Crippen LogP contribution in [0.4, 0.5) is 0 Å².